The maximum Gasteiger partial charge on any atom is 0.434 e. The minimum atomic E-state index is -4.81. The molecule has 0 amide bonds. The van der Waals surface area contributed by atoms with Crippen molar-refractivity contribution in [3.05, 3.63) is 38.6 Å². The van der Waals surface area contributed by atoms with Crippen LogP contribution in [0.2, 0.25) is 0 Å². The molecule has 2 aromatic rings. The normalized spacial score (nSPS) is 12.1. The van der Waals surface area contributed by atoms with E-state index < -0.39 is 28.8 Å². The van der Waals surface area contributed by atoms with Gasteiger partial charge in [-0.15, -0.1) is 0 Å². The second-order valence-corrected chi connectivity index (χ2v) is 4.05. The molecule has 0 aliphatic rings. The van der Waals surface area contributed by atoms with Crippen molar-refractivity contribution in [1.82, 2.24) is 9.97 Å². The van der Waals surface area contributed by atoms with Crippen molar-refractivity contribution in [2.24, 2.45) is 0 Å². The van der Waals surface area contributed by atoms with Crippen LogP contribution in [0.25, 0.3) is 10.9 Å². The summed E-state index contributed by atoms with van der Waals surface area (Å²) in [6.07, 6.45) is -4.81. The van der Waals surface area contributed by atoms with E-state index in [2.05, 4.69) is 25.9 Å². The molecule has 8 heteroatoms. The van der Waals surface area contributed by atoms with Crippen LogP contribution in [0.5, 0.6) is 0 Å². The summed E-state index contributed by atoms with van der Waals surface area (Å²) in [4.78, 5) is 15.9. The maximum atomic E-state index is 13.2. The van der Waals surface area contributed by atoms with Crippen LogP contribution in [-0.4, -0.2) is 9.97 Å². The molecule has 1 N–H and O–H groups in total. The molecule has 1 heterocycles. The van der Waals surface area contributed by atoms with Gasteiger partial charge in [-0.3, -0.25) is 0 Å². The molecular weight excluding hydrogens is 308 g/mol. The highest BCUT2D eigenvalue weighted by molar-refractivity contribution is 9.10. The van der Waals surface area contributed by atoms with E-state index in [9.17, 15) is 22.4 Å². The number of hydrogen-bond donors (Lipinski definition) is 1. The summed E-state index contributed by atoms with van der Waals surface area (Å²) in [5.41, 5.74) is -2.67. The third-order valence-corrected chi connectivity index (χ3v) is 2.65. The van der Waals surface area contributed by atoms with Crippen LogP contribution in [0.15, 0.2) is 21.4 Å². The molecule has 17 heavy (non-hydrogen) atoms. The zero-order valence-corrected chi connectivity index (χ0v) is 9.49. The smallest absolute Gasteiger partial charge is 0.305 e. The molecular formula is C9H3BrF4N2O. The first-order chi connectivity index (χ1) is 7.79. The van der Waals surface area contributed by atoms with Crippen LogP contribution in [0, 0.1) is 5.82 Å². The van der Waals surface area contributed by atoms with Gasteiger partial charge in [-0.1, -0.05) is 0 Å². The second-order valence-electron chi connectivity index (χ2n) is 3.20. The number of nitrogens with one attached hydrogen (secondary N) is 1. The third-order valence-electron chi connectivity index (χ3n) is 2.04. The number of halogens is 5. The van der Waals surface area contributed by atoms with Crippen molar-refractivity contribution < 1.29 is 17.6 Å². The predicted molar refractivity (Wildman–Crippen MR) is 55.0 cm³/mol. The van der Waals surface area contributed by atoms with Gasteiger partial charge in [0.1, 0.15) is 5.82 Å². The lowest BCUT2D eigenvalue weighted by molar-refractivity contribution is -0.140. The Morgan fingerprint density at radius 2 is 1.94 bits per heavy atom. The lowest BCUT2D eigenvalue weighted by Gasteiger charge is -2.08. The Bertz CT molecular complexity index is 650. The highest BCUT2D eigenvalue weighted by atomic mass is 79.9. The molecule has 90 valence electrons. The monoisotopic (exact) mass is 310 g/mol. The molecule has 0 spiro atoms. The molecule has 0 unspecified atom stereocenters. The summed E-state index contributed by atoms with van der Waals surface area (Å²) >= 11 is 2.82. The van der Waals surface area contributed by atoms with E-state index in [0.717, 1.165) is 6.07 Å². The Labute approximate surface area is 99.6 Å². The number of aromatic nitrogens is 2. The predicted octanol–water partition coefficient (Wildman–Crippen LogP) is 2.84. The maximum absolute atomic E-state index is 13.2. The fourth-order valence-corrected chi connectivity index (χ4v) is 1.71. The zero-order valence-electron chi connectivity index (χ0n) is 7.90. The minimum absolute atomic E-state index is 0.0417. The summed E-state index contributed by atoms with van der Waals surface area (Å²) < 4.78 is 50.9. The van der Waals surface area contributed by atoms with E-state index in [-0.39, 0.29) is 9.99 Å². The summed E-state index contributed by atoms with van der Waals surface area (Å²) in [5, 5.41) is -0.488. The average molecular weight is 311 g/mol. The number of rotatable bonds is 0. The molecule has 1 aromatic carbocycles. The standard InChI is InChI=1S/C9H3BrF4N2O/c10-4-2-6-3(1-5(4)11)7(9(12,13)14)16-8(17)15-6/h1-2H,(H,15,16,17). The molecule has 1 aromatic heterocycles. The average Bonchev–Trinajstić information content (AvgIpc) is 2.18. The van der Waals surface area contributed by atoms with Crippen LogP contribution in [0.1, 0.15) is 5.69 Å². The second kappa shape index (κ2) is 3.80. The molecule has 0 aliphatic heterocycles. The molecule has 0 saturated heterocycles. The SMILES string of the molecule is O=c1nc(C(F)(F)F)c2cc(F)c(Br)cc2[nH]1. The Morgan fingerprint density at radius 1 is 1.29 bits per heavy atom. The van der Waals surface area contributed by atoms with Gasteiger partial charge in [0.05, 0.1) is 9.99 Å². The molecule has 0 fully saturated rings. The Hall–Kier alpha value is -1.44. The van der Waals surface area contributed by atoms with Crippen molar-refractivity contribution >= 4 is 26.8 Å². The first-order valence-electron chi connectivity index (χ1n) is 4.25. The van der Waals surface area contributed by atoms with Gasteiger partial charge in [0.15, 0.2) is 5.69 Å². The Balaban J connectivity index is 2.93. The van der Waals surface area contributed by atoms with Crippen LogP contribution in [0.4, 0.5) is 17.6 Å². The van der Waals surface area contributed by atoms with Gasteiger partial charge in [0.25, 0.3) is 0 Å². The van der Waals surface area contributed by atoms with Crippen LogP contribution < -0.4 is 5.69 Å². The highest BCUT2D eigenvalue weighted by Gasteiger charge is 2.35. The fourth-order valence-electron chi connectivity index (χ4n) is 1.37. The Kier molecular flexibility index (Phi) is 2.69. The van der Waals surface area contributed by atoms with Gasteiger partial charge >= 0.3 is 11.9 Å². The molecule has 2 rings (SSSR count). The molecule has 0 atom stereocenters. The van der Waals surface area contributed by atoms with Gasteiger partial charge in [-0.05, 0) is 28.1 Å². The van der Waals surface area contributed by atoms with E-state index in [1.165, 1.54) is 0 Å². The lowest BCUT2D eigenvalue weighted by atomic mass is 10.2. The number of benzene rings is 1. The van der Waals surface area contributed by atoms with Crippen molar-refractivity contribution in [2.45, 2.75) is 6.18 Å². The highest BCUT2D eigenvalue weighted by Crippen LogP contribution is 2.33. The van der Waals surface area contributed by atoms with E-state index in [4.69, 9.17) is 0 Å². The van der Waals surface area contributed by atoms with Gasteiger partial charge in [-0.25, -0.2) is 9.18 Å². The zero-order chi connectivity index (χ0) is 12.8. The number of nitrogens with zero attached hydrogens (tertiary/aromatic N) is 1. The lowest BCUT2D eigenvalue weighted by Crippen LogP contribution is -2.19. The first-order valence-corrected chi connectivity index (χ1v) is 5.04. The minimum Gasteiger partial charge on any atom is -0.305 e. The summed E-state index contributed by atoms with van der Waals surface area (Å²) in [6.45, 7) is 0. The molecule has 0 saturated carbocycles. The fraction of sp³-hybridized carbons (Fsp3) is 0.111. The number of fused-ring (bicyclic) bond motifs is 1. The largest absolute Gasteiger partial charge is 0.434 e. The number of hydrogen-bond acceptors (Lipinski definition) is 2. The van der Waals surface area contributed by atoms with Gasteiger partial charge in [0.2, 0.25) is 0 Å². The summed E-state index contributed by atoms with van der Waals surface area (Å²) in [7, 11) is 0. The topological polar surface area (TPSA) is 45.8 Å². The number of aromatic amines is 1. The molecule has 3 nitrogen and oxygen atoms in total. The van der Waals surface area contributed by atoms with Crippen LogP contribution in [-0.2, 0) is 6.18 Å². The van der Waals surface area contributed by atoms with Crippen LogP contribution in [0.3, 0.4) is 0 Å². The van der Waals surface area contributed by atoms with E-state index in [0.29, 0.717) is 6.07 Å². The third kappa shape index (κ3) is 2.17. The first kappa shape index (κ1) is 12.0. The molecule has 0 bridgehead atoms. The summed E-state index contributed by atoms with van der Waals surface area (Å²) in [6, 6.07) is 1.73. The van der Waals surface area contributed by atoms with E-state index in [1.54, 1.807) is 0 Å². The molecule has 0 radical (unpaired) electrons. The van der Waals surface area contributed by atoms with Crippen molar-refractivity contribution in [3.8, 4) is 0 Å². The number of alkyl halides is 3. The van der Waals surface area contributed by atoms with E-state index >= 15 is 0 Å². The van der Waals surface area contributed by atoms with Crippen molar-refractivity contribution in [1.29, 1.82) is 0 Å². The Morgan fingerprint density at radius 3 is 2.53 bits per heavy atom. The number of H-pyrrole nitrogens is 1. The van der Waals surface area contributed by atoms with Gasteiger partial charge in [0, 0.05) is 5.39 Å². The van der Waals surface area contributed by atoms with E-state index in [1.807, 2.05) is 0 Å². The van der Waals surface area contributed by atoms with Crippen molar-refractivity contribution in [3.63, 3.8) is 0 Å². The van der Waals surface area contributed by atoms with Gasteiger partial charge < -0.3 is 4.98 Å². The van der Waals surface area contributed by atoms with Gasteiger partial charge in [-0.2, -0.15) is 18.2 Å². The van der Waals surface area contributed by atoms with Crippen LogP contribution >= 0.6 is 15.9 Å². The van der Waals surface area contributed by atoms with Crippen molar-refractivity contribution in [2.75, 3.05) is 0 Å². The summed E-state index contributed by atoms with van der Waals surface area (Å²) in [5.74, 6) is -0.864. The quantitative estimate of drug-likeness (QED) is 0.761. The molecule has 0 aliphatic carbocycles.